The second-order valence-corrected chi connectivity index (χ2v) is 16.8. The fourth-order valence-electron chi connectivity index (χ4n) is 10.4. The van der Waals surface area contributed by atoms with Gasteiger partial charge in [0.2, 0.25) is 0 Å². The van der Waals surface area contributed by atoms with E-state index in [9.17, 15) is 0 Å². The van der Waals surface area contributed by atoms with Gasteiger partial charge < -0.3 is 0 Å². The Hall–Kier alpha value is -8.06. The minimum atomic E-state index is 1.21. The van der Waals surface area contributed by atoms with Crippen molar-refractivity contribution in [3.05, 3.63) is 231 Å². The molecule has 0 saturated carbocycles. The highest BCUT2D eigenvalue weighted by molar-refractivity contribution is 6.29. The molecule has 13 aromatic carbocycles. The topological polar surface area (TPSA) is 0 Å². The van der Waals surface area contributed by atoms with Crippen LogP contribution in [0.25, 0.3) is 131 Å². The van der Waals surface area contributed by atoms with Crippen molar-refractivity contribution in [3.63, 3.8) is 0 Å². The summed E-state index contributed by atoms with van der Waals surface area (Å²) in [6, 6.07) is 85.4. The van der Waals surface area contributed by atoms with E-state index in [1.807, 2.05) is 0 Å². The lowest BCUT2D eigenvalue weighted by Crippen LogP contribution is -1.89. The Morgan fingerprint density at radius 2 is 0.355 bits per heavy atom. The molecular weight excluding hydrogens is 745 g/mol. The summed E-state index contributed by atoms with van der Waals surface area (Å²) >= 11 is 0. The minimum absolute atomic E-state index is 1.21. The first kappa shape index (κ1) is 34.8. The van der Waals surface area contributed by atoms with Gasteiger partial charge in [-0.1, -0.05) is 231 Å². The number of hydrogen-bond donors (Lipinski definition) is 0. The Bertz CT molecular complexity index is 3530. The van der Waals surface area contributed by atoms with Gasteiger partial charge in [-0.2, -0.15) is 0 Å². The summed E-state index contributed by atoms with van der Waals surface area (Å²) in [6.07, 6.45) is 0. The van der Waals surface area contributed by atoms with Crippen molar-refractivity contribution in [2.45, 2.75) is 0 Å². The largest absolute Gasteiger partial charge is 0.0622 e. The van der Waals surface area contributed by atoms with Gasteiger partial charge >= 0.3 is 0 Å². The first-order valence-corrected chi connectivity index (χ1v) is 21.6. The molecule has 0 aromatic heterocycles. The molecule has 13 aromatic rings. The summed E-state index contributed by atoms with van der Waals surface area (Å²) in [5.41, 5.74) is 14.9. The first-order chi connectivity index (χ1) is 30.7. The van der Waals surface area contributed by atoms with Gasteiger partial charge in [0.15, 0.2) is 0 Å². The van der Waals surface area contributed by atoms with E-state index in [1.165, 1.54) is 131 Å². The van der Waals surface area contributed by atoms with Crippen LogP contribution in [0.15, 0.2) is 231 Å². The van der Waals surface area contributed by atoms with Crippen molar-refractivity contribution >= 4 is 64.6 Å². The maximum Gasteiger partial charge on any atom is -0.00203 e. The molecule has 0 N–H and O–H groups in total. The van der Waals surface area contributed by atoms with Crippen LogP contribution in [0.3, 0.4) is 0 Å². The normalized spacial score (nSPS) is 11.9. The molecule has 0 heterocycles. The third-order valence-corrected chi connectivity index (χ3v) is 13.4. The van der Waals surface area contributed by atoms with Crippen LogP contribution in [0.5, 0.6) is 0 Å². The second-order valence-electron chi connectivity index (χ2n) is 16.8. The van der Waals surface area contributed by atoms with Crippen LogP contribution in [0.4, 0.5) is 0 Å². The maximum atomic E-state index is 2.31. The summed E-state index contributed by atoms with van der Waals surface area (Å²) in [6.45, 7) is 0. The molecule has 0 atom stereocenters. The molecule has 0 radical (unpaired) electrons. The van der Waals surface area contributed by atoms with Gasteiger partial charge in [-0.05, 0) is 131 Å². The van der Waals surface area contributed by atoms with Crippen LogP contribution in [-0.2, 0) is 0 Å². The molecule has 0 unspecified atom stereocenters. The Kier molecular flexibility index (Phi) is 7.71. The molecule has 13 rings (SSSR count). The van der Waals surface area contributed by atoms with Crippen LogP contribution in [-0.4, -0.2) is 0 Å². The van der Waals surface area contributed by atoms with E-state index in [2.05, 4.69) is 231 Å². The highest BCUT2D eigenvalue weighted by atomic mass is 14.2. The lowest BCUT2D eigenvalue weighted by Gasteiger charge is -2.17. The van der Waals surface area contributed by atoms with E-state index in [-0.39, 0.29) is 0 Å². The molecule has 0 saturated heterocycles. The van der Waals surface area contributed by atoms with E-state index < -0.39 is 0 Å². The zero-order valence-electron chi connectivity index (χ0n) is 33.9. The van der Waals surface area contributed by atoms with Crippen LogP contribution in [0, 0.1) is 0 Å². The van der Waals surface area contributed by atoms with Crippen molar-refractivity contribution in [2.24, 2.45) is 0 Å². The van der Waals surface area contributed by atoms with Crippen LogP contribution in [0.2, 0.25) is 0 Å². The van der Waals surface area contributed by atoms with Crippen molar-refractivity contribution in [1.29, 1.82) is 0 Å². The third kappa shape index (κ3) is 5.40. The number of rotatable bonds is 6. The molecule has 0 heteroatoms. The summed E-state index contributed by atoms with van der Waals surface area (Å²) < 4.78 is 0. The van der Waals surface area contributed by atoms with E-state index in [4.69, 9.17) is 0 Å². The lowest BCUT2D eigenvalue weighted by molar-refractivity contribution is 1.58. The van der Waals surface area contributed by atoms with E-state index >= 15 is 0 Å². The Morgan fingerprint density at radius 1 is 0.145 bits per heavy atom. The van der Waals surface area contributed by atoms with Crippen LogP contribution < -0.4 is 0 Å². The van der Waals surface area contributed by atoms with Crippen LogP contribution in [0.1, 0.15) is 0 Å². The van der Waals surface area contributed by atoms with Crippen molar-refractivity contribution in [3.8, 4) is 66.8 Å². The minimum Gasteiger partial charge on any atom is -0.0622 e. The standard InChI is InChI=1S/C62H38/c1-3-7-43(8-4-1)51-31-23-47-29-37-57-53(33-25-49-27-35-55(51)59(47)61(49)57)45-19-15-41(16-20-45)39-11-13-40(14-12-39)42-17-21-46(22-18-42)54-34-26-50-28-36-56-52(44-9-5-2-6-10-44)32-24-48-30-38-58(54)62(50)60(48)56/h1-38H. The average molecular weight is 783 g/mol. The first-order valence-electron chi connectivity index (χ1n) is 21.6. The third-order valence-electron chi connectivity index (χ3n) is 13.4. The smallest absolute Gasteiger partial charge is 0.00203 e. The highest BCUT2D eigenvalue weighted by Gasteiger charge is 2.17. The van der Waals surface area contributed by atoms with Gasteiger partial charge in [0.25, 0.3) is 0 Å². The molecule has 0 aliphatic carbocycles. The lowest BCUT2D eigenvalue weighted by atomic mass is 9.87. The van der Waals surface area contributed by atoms with E-state index in [0.717, 1.165) is 0 Å². The molecule has 62 heavy (non-hydrogen) atoms. The Morgan fingerprint density at radius 3 is 0.613 bits per heavy atom. The molecule has 0 nitrogen and oxygen atoms in total. The molecule has 0 bridgehead atoms. The quantitative estimate of drug-likeness (QED) is 0.147. The summed E-state index contributed by atoms with van der Waals surface area (Å²) in [4.78, 5) is 0. The SMILES string of the molecule is c1ccc(-c2ccc3ccc4c(-c5ccc(-c6ccc(-c7ccc(-c8ccc9ccc%10c(-c%11ccccc%11)ccc%11ccc8c9c%11%10)cc7)cc6)cc5)ccc5ccc2c3c54)cc1. The van der Waals surface area contributed by atoms with Crippen molar-refractivity contribution < 1.29 is 0 Å². The van der Waals surface area contributed by atoms with Gasteiger partial charge in [-0.3, -0.25) is 0 Å². The summed E-state index contributed by atoms with van der Waals surface area (Å²) in [7, 11) is 0. The number of benzene rings is 13. The van der Waals surface area contributed by atoms with Gasteiger partial charge in [0.05, 0.1) is 0 Å². The number of hydrogen-bond acceptors (Lipinski definition) is 0. The van der Waals surface area contributed by atoms with Gasteiger partial charge in [-0.15, -0.1) is 0 Å². The van der Waals surface area contributed by atoms with E-state index in [0.29, 0.717) is 0 Å². The van der Waals surface area contributed by atoms with Crippen molar-refractivity contribution in [1.82, 2.24) is 0 Å². The Labute approximate surface area is 360 Å². The zero-order chi connectivity index (χ0) is 40.7. The Balaban J connectivity index is 0.796. The molecule has 286 valence electrons. The van der Waals surface area contributed by atoms with Gasteiger partial charge in [0, 0.05) is 0 Å². The fraction of sp³-hybridized carbons (Fsp3) is 0. The molecule has 0 fully saturated rings. The average Bonchev–Trinajstić information content (AvgIpc) is 3.35. The molecule has 0 spiro atoms. The van der Waals surface area contributed by atoms with Crippen molar-refractivity contribution in [2.75, 3.05) is 0 Å². The molecular formula is C62H38. The summed E-state index contributed by atoms with van der Waals surface area (Å²) in [5, 5.41) is 15.7. The van der Waals surface area contributed by atoms with Gasteiger partial charge in [0.1, 0.15) is 0 Å². The predicted octanol–water partition coefficient (Wildman–Crippen LogP) is 17.5. The molecule has 0 aliphatic rings. The second kappa shape index (κ2) is 13.7. The summed E-state index contributed by atoms with van der Waals surface area (Å²) in [5.74, 6) is 0. The molecule has 0 aliphatic heterocycles. The maximum absolute atomic E-state index is 2.31. The highest BCUT2D eigenvalue weighted by Crippen LogP contribution is 2.44. The molecule has 0 amide bonds. The fourth-order valence-corrected chi connectivity index (χ4v) is 10.4. The van der Waals surface area contributed by atoms with Crippen LogP contribution >= 0.6 is 0 Å². The monoisotopic (exact) mass is 782 g/mol. The zero-order valence-corrected chi connectivity index (χ0v) is 33.9. The van der Waals surface area contributed by atoms with E-state index in [1.54, 1.807) is 0 Å². The van der Waals surface area contributed by atoms with Gasteiger partial charge in [-0.25, -0.2) is 0 Å². The predicted molar refractivity (Wildman–Crippen MR) is 266 cm³/mol.